The highest BCUT2D eigenvalue weighted by Crippen LogP contribution is 2.42. The number of carbonyl (C=O) groups is 2. The van der Waals surface area contributed by atoms with Crippen LogP contribution in [0.2, 0.25) is 0 Å². The van der Waals surface area contributed by atoms with Gasteiger partial charge in [0.05, 0.1) is 31.9 Å². The molecular formula is C34H39NO6. The van der Waals surface area contributed by atoms with Crippen LogP contribution in [0.3, 0.4) is 0 Å². The number of hydrogen-bond acceptors (Lipinski definition) is 6. The Balaban J connectivity index is 1.75. The van der Waals surface area contributed by atoms with Gasteiger partial charge in [0, 0.05) is 12.1 Å². The van der Waals surface area contributed by atoms with Crippen LogP contribution in [0.4, 0.5) is 0 Å². The average molecular weight is 558 g/mol. The van der Waals surface area contributed by atoms with E-state index in [1.807, 2.05) is 43.3 Å². The number of methoxy groups -OCH3 is 1. The van der Waals surface area contributed by atoms with E-state index >= 15 is 0 Å². The zero-order chi connectivity index (χ0) is 29.2. The highest BCUT2D eigenvalue weighted by molar-refractivity contribution is 6.46. The maximum atomic E-state index is 13.5. The molecule has 7 heteroatoms. The molecule has 1 amide bonds. The fourth-order valence-electron chi connectivity index (χ4n) is 4.97. The predicted octanol–water partition coefficient (Wildman–Crippen LogP) is 6.72. The standard InChI is InChI=1S/C34H39NO6/c1-4-6-10-21-41-28-17-16-25(23-29(28)39-3)31-30(32(36)26-14-11-15-27(22-26)40-20-5-2)33(37)34(38)35(31)19-18-24-12-8-7-9-13-24/h7-9,11-17,22-23,31,36H,4-6,10,18-21H2,1-3H3. The fraction of sp³-hybridized carbons (Fsp3) is 0.353. The number of amides is 1. The van der Waals surface area contributed by atoms with Gasteiger partial charge in [-0.2, -0.15) is 0 Å². The van der Waals surface area contributed by atoms with Crippen molar-refractivity contribution in [1.29, 1.82) is 0 Å². The second kappa shape index (κ2) is 14.4. The minimum Gasteiger partial charge on any atom is -0.507 e. The van der Waals surface area contributed by atoms with E-state index in [4.69, 9.17) is 14.2 Å². The van der Waals surface area contributed by atoms with Gasteiger partial charge in [0.25, 0.3) is 11.7 Å². The summed E-state index contributed by atoms with van der Waals surface area (Å²) in [5.74, 6) is 0.0642. The molecular weight excluding hydrogens is 518 g/mol. The summed E-state index contributed by atoms with van der Waals surface area (Å²) >= 11 is 0. The zero-order valence-corrected chi connectivity index (χ0v) is 24.1. The lowest BCUT2D eigenvalue weighted by Crippen LogP contribution is -2.31. The van der Waals surface area contributed by atoms with Crippen molar-refractivity contribution in [3.63, 3.8) is 0 Å². The van der Waals surface area contributed by atoms with E-state index in [1.54, 1.807) is 43.5 Å². The molecule has 1 atom stereocenters. The summed E-state index contributed by atoms with van der Waals surface area (Å²) in [7, 11) is 1.56. The Labute approximate surface area is 242 Å². The number of benzene rings is 3. The molecule has 0 saturated carbocycles. The van der Waals surface area contributed by atoms with Gasteiger partial charge in [-0.25, -0.2) is 0 Å². The number of hydrogen-bond donors (Lipinski definition) is 1. The normalized spacial score (nSPS) is 16.2. The van der Waals surface area contributed by atoms with Crippen molar-refractivity contribution < 1.29 is 28.9 Å². The number of aliphatic hydroxyl groups excluding tert-OH is 1. The topological polar surface area (TPSA) is 85.3 Å². The van der Waals surface area contributed by atoms with Crippen LogP contribution in [0.25, 0.3) is 5.76 Å². The van der Waals surface area contributed by atoms with Crippen LogP contribution >= 0.6 is 0 Å². The van der Waals surface area contributed by atoms with E-state index in [2.05, 4.69) is 6.92 Å². The van der Waals surface area contributed by atoms with Gasteiger partial charge in [0.1, 0.15) is 11.5 Å². The number of ether oxygens (including phenoxy) is 3. The second-order valence-electron chi connectivity index (χ2n) is 10.1. The molecule has 1 heterocycles. The molecule has 1 aliphatic heterocycles. The molecule has 41 heavy (non-hydrogen) atoms. The Hall–Kier alpha value is -4.26. The van der Waals surface area contributed by atoms with Gasteiger partial charge in [-0.3, -0.25) is 9.59 Å². The third kappa shape index (κ3) is 7.09. The van der Waals surface area contributed by atoms with E-state index in [1.165, 1.54) is 4.90 Å². The Kier molecular flexibility index (Phi) is 10.4. The van der Waals surface area contributed by atoms with Crippen LogP contribution in [0.5, 0.6) is 17.2 Å². The van der Waals surface area contributed by atoms with Gasteiger partial charge in [-0.05, 0) is 54.7 Å². The summed E-state index contributed by atoms with van der Waals surface area (Å²) in [5, 5.41) is 11.5. The number of aliphatic hydroxyl groups is 1. The number of Topliss-reactive ketones (excluding diaryl/α,β-unsaturated/α-hetero) is 1. The van der Waals surface area contributed by atoms with Crippen molar-refractivity contribution in [2.45, 2.75) is 52.0 Å². The first-order valence-corrected chi connectivity index (χ1v) is 14.3. The number of likely N-dealkylation sites (tertiary alicyclic amines) is 1. The SMILES string of the molecule is CCCCCOc1ccc(C2C(=C(O)c3cccc(OCCC)c3)C(=O)C(=O)N2CCc2ccccc2)cc1OC. The molecule has 0 radical (unpaired) electrons. The molecule has 0 bridgehead atoms. The third-order valence-corrected chi connectivity index (χ3v) is 7.11. The van der Waals surface area contributed by atoms with Gasteiger partial charge >= 0.3 is 0 Å². The molecule has 1 saturated heterocycles. The minimum absolute atomic E-state index is 0.0365. The highest BCUT2D eigenvalue weighted by Gasteiger charge is 2.46. The smallest absolute Gasteiger partial charge is 0.295 e. The lowest BCUT2D eigenvalue weighted by Gasteiger charge is -2.26. The number of rotatable bonds is 14. The Morgan fingerprint density at radius 2 is 1.66 bits per heavy atom. The van der Waals surface area contributed by atoms with Gasteiger partial charge in [0.2, 0.25) is 0 Å². The van der Waals surface area contributed by atoms with Crippen molar-refractivity contribution in [3.05, 3.63) is 95.1 Å². The number of ketones is 1. The van der Waals surface area contributed by atoms with Crippen LogP contribution in [0, 0.1) is 0 Å². The van der Waals surface area contributed by atoms with E-state index in [-0.39, 0.29) is 11.3 Å². The van der Waals surface area contributed by atoms with Gasteiger partial charge in [0.15, 0.2) is 11.5 Å². The first kappa shape index (κ1) is 29.7. The van der Waals surface area contributed by atoms with E-state index < -0.39 is 17.7 Å². The van der Waals surface area contributed by atoms with Crippen molar-refractivity contribution >= 4 is 17.4 Å². The van der Waals surface area contributed by atoms with Gasteiger partial charge < -0.3 is 24.2 Å². The quantitative estimate of drug-likeness (QED) is 0.103. The van der Waals surface area contributed by atoms with Crippen LogP contribution in [0.1, 0.15) is 62.3 Å². The molecule has 1 fully saturated rings. The van der Waals surface area contributed by atoms with E-state index in [9.17, 15) is 14.7 Å². The summed E-state index contributed by atoms with van der Waals surface area (Å²) in [6.07, 6.45) is 4.49. The largest absolute Gasteiger partial charge is 0.507 e. The summed E-state index contributed by atoms with van der Waals surface area (Å²) in [6, 6.07) is 21.4. The van der Waals surface area contributed by atoms with Crippen LogP contribution < -0.4 is 14.2 Å². The number of unbranched alkanes of at least 4 members (excludes halogenated alkanes) is 2. The number of nitrogens with zero attached hydrogens (tertiary/aromatic N) is 1. The molecule has 3 aromatic rings. The maximum Gasteiger partial charge on any atom is 0.295 e. The zero-order valence-electron chi connectivity index (χ0n) is 24.1. The number of carbonyl (C=O) groups excluding carboxylic acids is 2. The van der Waals surface area contributed by atoms with Crippen molar-refractivity contribution in [1.82, 2.24) is 4.90 Å². The van der Waals surface area contributed by atoms with Crippen molar-refractivity contribution in [2.75, 3.05) is 26.9 Å². The van der Waals surface area contributed by atoms with Crippen LogP contribution in [-0.4, -0.2) is 48.6 Å². The summed E-state index contributed by atoms with van der Waals surface area (Å²) < 4.78 is 17.4. The summed E-state index contributed by atoms with van der Waals surface area (Å²) in [4.78, 5) is 28.5. The summed E-state index contributed by atoms with van der Waals surface area (Å²) in [5.41, 5.74) is 2.14. The third-order valence-electron chi connectivity index (χ3n) is 7.11. The highest BCUT2D eigenvalue weighted by atomic mass is 16.5. The average Bonchev–Trinajstić information content (AvgIpc) is 3.26. The Bertz CT molecular complexity index is 1370. The first-order chi connectivity index (χ1) is 20.0. The Morgan fingerprint density at radius 3 is 2.39 bits per heavy atom. The first-order valence-electron chi connectivity index (χ1n) is 14.3. The maximum absolute atomic E-state index is 13.5. The van der Waals surface area contributed by atoms with Crippen molar-refractivity contribution in [2.24, 2.45) is 0 Å². The van der Waals surface area contributed by atoms with E-state index in [0.29, 0.717) is 54.6 Å². The van der Waals surface area contributed by atoms with Crippen LogP contribution in [-0.2, 0) is 16.0 Å². The van der Waals surface area contributed by atoms with E-state index in [0.717, 1.165) is 31.2 Å². The molecule has 216 valence electrons. The monoisotopic (exact) mass is 557 g/mol. The van der Waals surface area contributed by atoms with Gasteiger partial charge in [-0.1, -0.05) is 75.2 Å². The predicted molar refractivity (Wildman–Crippen MR) is 159 cm³/mol. The lowest BCUT2D eigenvalue weighted by molar-refractivity contribution is -0.139. The fourth-order valence-corrected chi connectivity index (χ4v) is 4.97. The molecule has 0 aromatic heterocycles. The Morgan fingerprint density at radius 1 is 0.854 bits per heavy atom. The second-order valence-corrected chi connectivity index (χ2v) is 10.1. The minimum atomic E-state index is -0.804. The van der Waals surface area contributed by atoms with Crippen LogP contribution in [0.15, 0.2) is 78.4 Å². The molecule has 1 aliphatic rings. The molecule has 7 nitrogen and oxygen atoms in total. The molecule has 0 spiro atoms. The lowest BCUT2D eigenvalue weighted by atomic mass is 9.94. The molecule has 1 unspecified atom stereocenters. The molecule has 4 rings (SSSR count). The van der Waals surface area contributed by atoms with Crippen molar-refractivity contribution in [3.8, 4) is 17.2 Å². The molecule has 1 N–H and O–H groups in total. The van der Waals surface area contributed by atoms with Gasteiger partial charge in [-0.15, -0.1) is 0 Å². The summed E-state index contributed by atoms with van der Waals surface area (Å²) in [6.45, 7) is 5.54. The molecule has 0 aliphatic carbocycles. The molecule has 3 aromatic carbocycles.